The predicted octanol–water partition coefficient (Wildman–Crippen LogP) is 3.74. The number of amides is 2. The number of ether oxygens (including phenoxy) is 1. The maximum absolute atomic E-state index is 12.9. The molecule has 0 unspecified atom stereocenters. The van der Waals surface area contributed by atoms with Crippen molar-refractivity contribution in [3.8, 4) is 0 Å². The van der Waals surface area contributed by atoms with Crippen LogP contribution in [0, 0.1) is 24.7 Å². The van der Waals surface area contributed by atoms with Gasteiger partial charge in [-0.3, -0.25) is 19.3 Å². The van der Waals surface area contributed by atoms with Crippen molar-refractivity contribution in [3.63, 3.8) is 0 Å². The molecule has 0 saturated carbocycles. The molecule has 2 aromatic rings. The third-order valence-electron chi connectivity index (χ3n) is 5.92. The third kappa shape index (κ3) is 3.93. The first-order valence-electron chi connectivity index (χ1n) is 10.3. The van der Waals surface area contributed by atoms with Crippen LogP contribution in [0.3, 0.4) is 0 Å². The molecule has 2 amide bonds. The summed E-state index contributed by atoms with van der Waals surface area (Å²) in [6, 6.07) is 13.2. The number of hydrogen-bond donors (Lipinski definition) is 0. The lowest BCUT2D eigenvalue weighted by atomic mass is 9.78. The van der Waals surface area contributed by atoms with Gasteiger partial charge in [0.15, 0.2) is 12.4 Å². The molecule has 158 valence electrons. The summed E-state index contributed by atoms with van der Waals surface area (Å²) in [4.78, 5) is 51.7. The van der Waals surface area contributed by atoms with Gasteiger partial charge in [-0.2, -0.15) is 0 Å². The molecule has 1 aliphatic carbocycles. The zero-order valence-electron chi connectivity index (χ0n) is 17.4. The average molecular weight is 417 g/mol. The number of anilines is 1. The van der Waals surface area contributed by atoms with E-state index in [0.29, 0.717) is 17.7 Å². The molecule has 4 rings (SSSR count). The van der Waals surface area contributed by atoms with Crippen molar-refractivity contribution in [2.24, 2.45) is 17.8 Å². The Morgan fingerprint density at radius 2 is 1.77 bits per heavy atom. The Morgan fingerprint density at radius 3 is 2.48 bits per heavy atom. The van der Waals surface area contributed by atoms with E-state index in [0.717, 1.165) is 5.56 Å². The van der Waals surface area contributed by atoms with E-state index in [1.807, 2.05) is 38.1 Å². The Morgan fingerprint density at radius 1 is 1.03 bits per heavy atom. The van der Waals surface area contributed by atoms with Gasteiger partial charge in [-0.1, -0.05) is 55.0 Å². The van der Waals surface area contributed by atoms with Crippen LogP contribution in [0.15, 0.2) is 60.7 Å². The molecule has 2 aromatic carbocycles. The van der Waals surface area contributed by atoms with Crippen LogP contribution in [0.25, 0.3) is 0 Å². The highest BCUT2D eigenvalue weighted by molar-refractivity contribution is 6.22. The number of ketones is 1. The molecular formula is C25H23NO5. The quantitative estimate of drug-likeness (QED) is 0.320. The van der Waals surface area contributed by atoms with E-state index >= 15 is 0 Å². The maximum Gasteiger partial charge on any atom is 0.338 e. The van der Waals surface area contributed by atoms with E-state index in [1.54, 1.807) is 24.3 Å². The number of Topliss-reactive ketones (excluding diaryl/α,β-unsaturated/α-hetero) is 1. The van der Waals surface area contributed by atoms with Gasteiger partial charge in [0.05, 0.1) is 23.1 Å². The fourth-order valence-corrected chi connectivity index (χ4v) is 4.21. The standard InChI is InChI=1S/C25H23NO5/c1-15-9-11-17(12-10-15)21(27)14-31-25(30)18-6-4-7-19(13-18)26-23(28)20-8-3-5-16(2)22(20)24(26)29/h3-7,9-13,16,20,22H,8,14H2,1-2H3/t16-,20+,22-/m1/s1. The van der Waals surface area contributed by atoms with Gasteiger partial charge < -0.3 is 4.74 Å². The minimum absolute atomic E-state index is 0.0128. The molecule has 0 bridgehead atoms. The lowest BCUT2D eigenvalue weighted by molar-refractivity contribution is -0.122. The normalized spacial score (nSPS) is 22.4. The minimum atomic E-state index is -0.686. The lowest BCUT2D eigenvalue weighted by Crippen LogP contribution is -2.31. The first-order valence-corrected chi connectivity index (χ1v) is 10.3. The predicted molar refractivity (Wildman–Crippen MR) is 115 cm³/mol. The van der Waals surface area contributed by atoms with Crippen molar-refractivity contribution in [2.45, 2.75) is 20.3 Å². The highest BCUT2D eigenvalue weighted by Gasteiger charge is 2.50. The van der Waals surface area contributed by atoms with Gasteiger partial charge in [-0.15, -0.1) is 0 Å². The molecule has 1 aliphatic heterocycles. The first kappa shape index (κ1) is 20.7. The summed E-state index contributed by atoms with van der Waals surface area (Å²) in [5.74, 6) is -2.23. The second kappa shape index (κ2) is 8.30. The first-order chi connectivity index (χ1) is 14.9. The smallest absolute Gasteiger partial charge is 0.338 e. The number of rotatable bonds is 5. The molecule has 1 fully saturated rings. The Labute approximate surface area is 180 Å². The molecule has 0 radical (unpaired) electrons. The number of benzene rings is 2. The number of nitrogens with zero attached hydrogens (tertiary/aromatic N) is 1. The van der Waals surface area contributed by atoms with Gasteiger partial charge in [-0.25, -0.2) is 4.79 Å². The summed E-state index contributed by atoms with van der Waals surface area (Å²) >= 11 is 0. The van der Waals surface area contributed by atoms with Gasteiger partial charge in [0, 0.05) is 5.56 Å². The van der Waals surface area contributed by atoms with Gasteiger partial charge in [0.2, 0.25) is 11.8 Å². The number of allylic oxidation sites excluding steroid dienone is 2. The number of carbonyl (C=O) groups is 4. The van der Waals surface area contributed by atoms with Crippen LogP contribution in [-0.4, -0.2) is 30.2 Å². The van der Waals surface area contributed by atoms with E-state index in [-0.39, 0.29) is 47.5 Å². The number of aryl methyl sites for hydroxylation is 1. The van der Waals surface area contributed by atoms with Crippen LogP contribution < -0.4 is 4.90 Å². The van der Waals surface area contributed by atoms with Gasteiger partial charge >= 0.3 is 5.97 Å². The SMILES string of the molecule is Cc1ccc(C(=O)COC(=O)c2cccc(N3C(=O)[C@@H]4[C@H](C)C=CC[C@@H]4C3=O)c2)cc1. The second-order valence-electron chi connectivity index (χ2n) is 8.08. The summed E-state index contributed by atoms with van der Waals surface area (Å²) in [5.41, 5.74) is 2.01. The van der Waals surface area contributed by atoms with Gasteiger partial charge in [0.1, 0.15) is 0 Å². The topological polar surface area (TPSA) is 80.8 Å². The molecule has 1 saturated heterocycles. The molecular weight excluding hydrogens is 394 g/mol. The van der Waals surface area contributed by atoms with Gasteiger partial charge in [-0.05, 0) is 37.5 Å². The molecule has 1 heterocycles. The van der Waals surface area contributed by atoms with Crippen molar-refractivity contribution in [1.29, 1.82) is 0 Å². The third-order valence-corrected chi connectivity index (χ3v) is 5.92. The van der Waals surface area contributed by atoms with E-state index in [9.17, 15) is 19.2 Å². The van der Waals surface area contributed by atoms with Crippen LogP contribution in [0.1, 0.15) is 39.6 Å². The highest BCUT2D eigenvalue weighted by Crippen LogP contribution is 2.40. The van der Waals surface area contributed by atoms with E-state index in [1.165, 1.54) is 17.0 Å². The number of hydrogen-bond acceptors (Lipinski definition) is 5. The Kier molecular flexibility index (Phi) is 5.55. The fourth-order valence-electron chi connectivity index (χ4n) is 4.21. The van der Waals surface area contributed by atoms with E-state index < -0.39 is 5.97 Å². The molecule has 3 atom stereocenters. The number of imide groups is 1. The molecule has 6 heteroatoms. The van der Waals surface area contributed by atoms with Crippen LogP contribution in [-0.2, 0) is 14.3 Å². The second-order valence-corrected chi connectivity index (χ2v) is 8.08. The monoisotopic (exact) mass is 417 g/mol. The summed E-state index contributed by atoms with van der Waals surface area (Å²) in [6.45, 7) is 3.46. The molecule has 2 aliphatic rings. The molecule has 31 heavy (non-hydrogen) atoms. The van der Waals surface area contributed by atoms with E-state index in [2.05, 4.69) is 0 Å². The molecule has 0 N–H and O–H groups in total. The summed E-state index contributed by atoms with van der Waals surface area (Å²) in [6.07, 6.45) is 4.45. The summed E-state index contributed by atoms with van der Waals surface area (Å²) in [7, 11) is 0. The number of esters is 1. The molecule has 0 aromatic heterocycles. The maximum atomic E-state index is 12.9. The Bertz CT molecular complexity index is 1090. The molecule has 6 nitrogen and oxygen atoms in total. The van der Waals surface area contributed by atoms with Crippen LogP contribution >= 0.6 is 0 Å². The van der Waals surface area contributed by atoms with Crippen molar-refractivity contribution >= 4 is 29.3 Å². The van der Waals surface area contributed by atoms with Crippen LogP contribution in [0.2, 0.25) is 0 Å². The fraction of sp³-hybridized carbons (Fsp3) is 0.280. The van der Waals surface area contributed by atoms with Crippen LogP contribution in [0.4, 0.5) is 5.69 Å². The van der Waals surface area contributed by atoms with E-state index in [4.69, 9.17) is 4.74 Å². The Hall–Kier alpha value is -3.54. The van der Waals surface area contributed by atoms with Crippen molar-refractivity contribution in [3.05, 3.63) is 77.4 Å². The minimum Gasteiger partial charge on any atom is -0.454 e. The number of fused-ring (bicyclic) bond motifs is 1. The Balaban J connectivity index is 1.47. The zero-order valence-corrected chi connectivity index (χ0v) is 17.4. The van der Waals surface area contributed by atoms with Gasteiger partial charge in [0.25, 0.3) is 0 Å². The van der Waals surface area contributed by atoms with Crippen molar-refractivity contribution < 1.29 is 23.9 Å². The summed E-state index contributed by atoms with van der Waals surface area (Å²) < 4.78 is 5.17. The molecule has 0 spiro atoms. The van der Waals surface area contributed by atoms with Crippen LogP contribution in [0.5, 0.6) is 0 Å². The largest absolute Gasteiger partial charge is 0.454 e. The summed E-state index contributed by atoms with van der Waals surface area (Å²) in [5, 5.41) is 0. The van der Waals surface area contributed by atoms with Crippen molar-refractivity contribution in [2.75, 3.05) is 11.5 Å². The van der Waals surface area contributed by atoms with Crippen molar-refractivity contribution in [1.82, 2.24) is 0 Å². The zero-order chi connectivity index (χ0) is 22.1. The lowest BCUT2D eigenvalue weighted by Gasteiger charge is -2.22. The highest BCUT2D eigenvalue weighted by atomic mass is 16.5. The number of carbonyl (C=O) groups excluding carboxylic acids is 4. The average Bonchev–Trinajstić information content (AvgIpc) is 3.03.